The summed E-state index contributed by atoms with van der Waals surface area (Å²) >= 11 is 1.77. The zero-order valence-corrected chi connectivity index (χ0v) is 11.7. The van der Waals surface area contributed by atoms with Crippen LogP contribution in [0.1, 0.15) is 36.0 Å². The van der Waals surface area contributed by atoms with Gasteiger partial charge in [0, 0.05) is 5.56 Å². The Hall–Kier alpha value is -1.16. The van der Waals surface area contributed by atoms with Crippen molar-refractivity contribution in [1.29, 1.82) is 0 Å². The Balaban J connectivity index is 1.52. The van der Waals surface area contributed by atoms with Crippen molar-refractivity contribution in [2.24, 2.45) is 5.92 Å². The molecule has 1 aromatic rings. The largest absolute Gasteiger partial charge is 0.454 e. The SMILES string of the molecule is O=C(CSCC1CCCC1)c1ccc2c(c1)OCO2. The molecule has 3 nitrogen and oxygen atoms in total. The molecule has 0 saturated heterocycles. The predicted molar refractivity (Wildman–Crippen MR) is 76.2 cm³/mol. The summed E-state index contributed by atoms with van der Waals surface area (Å²) in [7, 11) is 0. The maximum Gasteiger partial charge on any atom is 0.231 e. The first kappa shape index (κ1) is 12.9. The van der Waals surface area contributed by atoms with Crippen molar-refractivity contribution in [3.63, 3.8) is 0 Å². The Bertz CT molecular complexity index is 466. The molecule has 0 amide bonds. The number of carbonyl (C=O) groups excluding carboxylic acids is 1. The number of rotatable bonds is 5. The van der Waals surface area contributed by atoms with Crippen molar-refractivity contribution in [2.75, 3.05) is 18.3 Å². The first-order valence-electron chi connectivity index (χ1n) is 6.83. The zero-order chi connectivity index (χ0) is 13.1. The Morgan fingerprint density at radius 2 is 2.00 bits per heavy atom. The van der Waals surface area contributed by atoms with E-state index < -0.39 is 0 Å². The van der Waals surface area contributed by atoms with E-state index in [1.54, 1.807) is 17.8 Å². The second kappa shape index (κ2) is 5.87. The molecule has 0 aromatic heterocycles. The highest BCUT2D eigenvalue weighted by atomic mass is 32.2. The number of ketones is 1. The molecule has 2 aliphatic rings. The minimum absolute atomic E-state index is 0.182. The van der Waals surface area contributed by atoms with E-state index in [1.165, 1.54) is 25.7 Å². The highest BCUT2D eigenvalue weighted by Gasteiger charge is 2.18. The molecule has 3 rings (SSSR count). The van der Waals surface area contributed by atoms with Crippen LogP contribution in [0.4, 0.5) is 0 Å². The number of hydrogen-bond donors (Lipinski definition) is 0. The summed E-state index contributed by atoms with van der Waals surface area (Å²) in [6.07, 6.45) is 5.40. The molecule has 102 valence electrons. The van der Waals surface area contributed by atoms with E-state index in [0.717, 1.165) is 23.0 Å². The van der Waals surface area contributed by atoms with Gasteiger partial charge >= 0.3 is 0 Å². The number of Topliss-reactive ketones (excluding diaryl/α,β-unsaturated/α-hetero) is 1. The molecule has 1 saturated carbocycles. The molecule has 19 heavy (non-hydrogen) atoms. The Kier molecular flexibility index (Phi) is 3.97. The van der Waals surface area contributed by atoms with Crippen molar-refractivity contribution in [3.05, 3.63) is 23.8 Å². The number of fused-ring (bicyclic) bond motifs is 1. The number of benzene rings is 1. The quantitative estimate of drug-likeness (QED) is 0.772. The normalized spacial score (nSPS) is 17.9. The average Bonchev–Trinajstić information content (AvgIpc) is 3.08. The van der Waals surface area contributed by atoms with Crippen LogP contribution in [0, 0.1) is 5.92 Å². The van der Waals surface area contributed by atoms with Crippen LogP contribution in [-0.2, 0) is 0 Å². The van der Waals surface area contributed by atoms with Crippen molar-refractivity contribution < 1.29 is 14.3 Å². The van der Waals surface area contributed by atoms with Gasteiger partial charge in [-0.05, 0) is 42.7 Å². The third kappa shape index (κ3) is 3.06. The lowest BCUT2D eigenvalue weighted by Crippen LogP contribution is -2.05. The van der Waals surface area contributed by atoms with Gasteiger partial charge in [-0.25, -0.2) is 0 Å². The molecule has 4 heteroatoms. The monoisotopic (exact) mass is 278 g/mol. The van der Waals surface area contributed by atoms with Crippen LogP contribution >= 0.6 is 11.8 Å². The fourth-order valence-electron chi connectivity index (χ4n) is 2.65. The van der Waals surface area contributed by atoms with E-state index in [1.807, 2.05) is 12.1 Å². The molecule has 0 atom stereocenters. The van der Waals surface area contributed by atoms with Gasteiger partial charge in [0.25, 0.3) is 0 Å². The topological polar surface area (TPSA) is 35.5 Å². The maximum atomic E-state index is 12.1. The summed E-state index contributed by atoms with van der Waals surface area (Å²) in [6.45, 7) is 0.253. The summed E-state index contributed by atoms with van der Waals surface area (Å²) in [5.74, 6) is 4.12. The number of ether oxygens (including phenoxy) is 2. The van der Waals surface area contributed by atoms with Crippen molar-refractivity contribution in [2.45, 2.75) is 25.7 Å². The summed E-state index contributed by atoms with van der Waals surface area (Å²) < 4.78 is 10.5. The maximum absolute atomic E-state index is 12.1. The van der Waals surface area contributed by atoms with Gasteiger partial charge in [-0.2, -0.15) is 11.8 Å². The highest BCUT2D eigenvalue weighted by Crippen LogP contribution is 2.33. The van der Waals surface area contributed by atoms with Crippen molar-refractivity contribution in [3.8, 4) is 11.5 Å². The van der Waals surface area contributed by atoms with E-state index in [2.05, 4.69) is 0 Å². The van der Waals surface area contributed by atoms with Gasteiger partial charge in [0.1, 0.15) is 0 Å². The molecule has 1 heterocycles. The van der Waals surface area contributed by atoms with Gasteiger partial charge < -0.3 is 9.47 Å². The fourth-order valence-corrected chi connectivity index (χ4v) is 3.79. The second-order valence-electron chi connectivity index (χ2n) is 5.16. The van der Waals surface area contributed by atoms with E-state index in [9.17, 15) is 4.79 Å². The first-order chi connectivity index (χ1) is 9.33. The third-order valence-electron chi connectivity index (χ3n) is 3.76. The number of carbonyl (C=O) groups is 1. The molecule has 0 spiro atoms. The van der Waals surface area contributed by atoms with Gasteiger partial charge in [0.2, 0.25) is 6.79 Å². The molecule has 0 bridgehead atoms. The summed E-state index contributed by atoms with van der Waals surface area (Å²) in [6, 6.07) is 5.43. The van der Waals surface area contributed by atoms with Crippen LogP contribution in [0.2, 0.25) is 0 Å². The van der Waals surface area contributed by atoms with Gasteiger partial charge in [-0.3, -0.25) is 4.79 Å². The molecule has 1 aromatic carbocycles. The van der Waals surface area contributed by atoms with Crippen LogP contribution < -0.4 is 9.47 Å². The van der Waals surface area contributed by atoms with Crippen molar-refractivity contribution >= 4 is 17.5 Å². The lowest BCUT2D eigenvalue weighted by molar-refractivity contribution is 0.102. The van der Waals surface area contributed by atoms with Crippen LogP contribution in [0.25, 0.3) is 0 Å². The van der Waals surface area contributed by atoms with Gasteiger partial charge in [0.05, 0.1) is 5.75 Å². The summed E-state index contributed by atoms with van der Waals surface area (Å²) in [5.41, 5.74) is 0.725. The lowest BCUT2D eigenvalue weighted by atomic mass is 10.1. The van der Waals surface area contributed by atoms with Gasteiger partial charge in [-0.1, -0.05) is 12.8 Å². The predicted octanol–water partition coefficient (Wildman–Crippen LogP) is 3.52. The molecule has 0 radical (unpaired) electrons. The molecule has 0 N–H and O–H groups in total. The molecular weight excluding hydrogens is 260 g/mol. The first-order valence-corrected chi connectivity index (χ1v) is 7.99. The molecule has 1 aliphatic heterocycles. The van der Waals surface area contributed by atoms with Crippen LogP contribution in [0.5, 0.6) is 11.5 Å². The number of hydrogen-bond acceptors (Lipinski definition) is 4. The Morgan fingerprint density at radius 1 is 1.21 bits per heavy atom. The Morgan fingerprint density at radius 3 is 2.84 bits per heavy atom. The second-order valence-corrected chi connectivity index (χ2v) is 6.19. The van der Waals surface area contributed by atoms with Crippen molar-refractivity contribution in [1.82, 2.24) is 0 Å². The highest BCUT2D eigenvalue weighted by molar-refractivity contribution is 7.99. The molecule has 1 fully saturated rings. The zero-order valence-electron chi connectivity index (χ0n) is 10.9. The van der Waals surface area contributed by atoms with Crippen LogP contribution in [0.3, 0.4) is 0 Å². The lowest BCUT2D eigenvalue weighted by Gasteiger charge is -2.07. The van der Waals surface area contributed by atoms with E-state index >= 15 is 0 Å². The smallest absolute Gasteiger partial charge is 0.231 e. The molecular formula is C15H18O3S. The van der Waals surface area contributed by atoms with E-state index in [-0.39, 0.29) is 12.6 Å². The van der Waals surface area contributed by atoms with Crippen LogP contribution in [-0.4, -0.2) is 24.1 Å². The van der Waals surface area contributed by atoms with E-state index in [0.29, 0.717) is 11.5 Å². The Labute approximate surface area is 117 Å². The van der Waals surface area contributed by atoms with Gasteiger partial charge in [-0.15, -0.1) is 0 Å². The number of thioether (sulfide) groups is 1. The fraction of sp³-hybridized carbons (Fsp3) is 0.533. The molecule has 0 unspecified atom stereocenters. The summed E-state index contributed by atoms with van der Waals surface area (Å²) in [5, 5.41) is 0. The molecule has 1 aliphatic carbocycles. The minimum Gasteiger partial charge on any atom is -0.454 e. The standard InChI is InChI=1S/C15H18O3S/c16-13(9-19-8-11-3-1-2-4-11)12-5-6-14-15(7-12)18-10-17-14/h5-7,11H,1-4,8-10H2. The third-order valence-corrected chi connectivity index (χ3v) is 4.93. The average molecular weight is 278 g/mol. The van der Waals surface area contributed by atoms with E-state index in [4.69, 9.17) is 9.47 Å². The summed E-state index contributed by atoms with van der Waals surface area (Å²) in [4.78, 5) is 12.1. The van der Waals surface area contributed by atoms with Crippen LogP contribution in [0.15, 0.2) is 18.2 Å². The minimum atomic E-state index is 0.182. The van der Waals surface area contributed by atoms with Gasteiger partial charge in [0.15, 0.2) is 17.3 Å².